The molecule has 0 aliphatic carbocycles. The summed E-state index contributed by atoms with van der Waals surface area (Å²) in [6, 6.07) is 11.6. The van der Waals surface area contributed by atoms with Gasteiger partial charge in [-0.25, -0.2) is 4.39 Å². The van der Waals surface area contributed by atoms with Crippen LogP contribution in [0.25, 0.3) is 0 Å². The summed E-state index contributed by atoms with van der Waals surface area (Å²) in [7, 11) is 0. The quantitative estimate of drug-likeness (QED) is 0.871. The topological polar surface area (TPSA) is 41.9 Å². The fourth-order valence-corrected chi connectivity index (χ4v) is 2.11. The smallest absolute Gasteiger partial charge is 0.231 e. The van der Waals surface area contributed by atoms with E-state index in [0.29, 0.717) is 18.8 Å². The van der Waals surface area contributed by atoms with Gasteiger partial charge in [0.05, 0.1) is 0 Å². The van der Waals surface area contributed by atoms with Gasteiger partial charge in [0.1, 0.15) is 5.82 Å². The minimum Gasteiger partial charge on any atom is -0.454 e. The standard InChI is InChI=1S/C15H14FNO3/c16-13-4-1-11(2-5-13)8-17(18)9-12-3-6-14-15(7-12)20-10-19-14/h1-7,18H,8-10H2. The summed E-state index contributed by atoms with van der Waals surface area (Å²) in [5, 5.41) is 11.1. The molecule has 20 heavy (non-hydrogen) atoms. The second-order valence-electron chi connectivity index (χ2n) is 4.64. The Labute approximate surface area is 115 Å². The molecule has 0 atom stereocenters. The molecule has 2 aromatic carbocycles. The predicted molar refractivity (Wildman–Crippen MR) is 70.0 cm³/mol. The molecule has 1 aliphatic rings. The lowest BCUT2D eigenvalue weighted by atomic mass is 10.2. The van der Waals surface area contributed by atoms with Crippen LogP contribution in [0.2, 0.25) is 0 Å². The zero-order chi connectivity index (χ0) is 13.9. The predicted octanol–water partition coefficient (Wildman–Crippen LogP) is 2.95. The van der Waals surface area contributed by atoms with Crippen LogP contribution in [0.4, 0.5) is 4.39 Å². The van der Waals surface area contributed by atoms with Gasteiger partial charge in [0, 0.05) is 13.1 Å². The van der Waals surface area contributed by atoms with Gasteiger partial charge in [-0.3, -0.25) is 0 Å². The van der Waals surface area contributed by atoms with Crippen molar-refractivity contribution in [2.45, 2.75) is 13.1 Å². The van der Waals surface area contributed by atoms with Gasteiger partial charge in [-0.05, 0) is 35.4 Å². The van der Waals surface area contributed by atoms with Crippen molar-refractivity contribution in [1.29, 1.82) is 0 Å². The fourth-order valence-electron chi connectivity index (χ4n) is 2.11. The third-order valence-corrected chi connectivity index (χ3v) is 3.08. The Morgan fingerprint density at radius 3 is 2.40 bits per heavy atom. The number of hydrogen-bond acceptors (Lipinski definition) is 4. The molecule has 1 N–H and O–H groups in total. The Hall–Kier alpha value is -2.11. The van der Waals surface area contributed by atoms with Gasteiger partial charge in [-0.2, -0.15) is 5.06 Å². The van der Waals surface area contributed by atoms with E-state index in [0.717, 1.165) is 16.9 Å². The van der Waals surface area contributed by atoms with E-state index >= 15 is 0 Å². The largest absolute Gasteiger partial charge is 0.454 e. The van der Waals surface area contributed by atoms with Crippen molar-refractivity contribution in [2.24, 2.45) is 0 Å². The Morgan fingerprint density at radius 2 is 1.60 bits per heavy atom. The zero-order valence-corrected chi connectivity index (χ0v) is 10.8. The number of hydroxylamine groups is 2. The molecule has 0 bridgehead atoms. The molecule has 4 nitrogen and oxygen atoms in total. The van der Waals surface area contributed by atoms with Crippen molar-refractivity contribution in [3.05, 3.63) is 59.4 Å². The summed E-state index contributed by atoms with van der Waals surface area (Å²) in [6.07, 6.45) is 0. The maximum Gasteiger partial charge on any atom is 0.231 e. The minimum atomic E-state index is -0.283. The lowest BCUT2D eigenvalue weighted by Gasteiger charge is -2.15. The Kier molecular flexibility index (Phi) is 3.54. The minimum absolute atomic E-state index is 0.233. The Balaban J connectivity index is 1.63. The van der Waals surface area contributed by atoms with Crippen molar-refractivity contribution in [3.8, 4) is 11.5 Å². The van der Waals surface area contributed by atoms with Gasteiger partial charge in [-0.1, -0.05) is 18.2 Å². The van der Waals surface area contributed by atoms with Crippen LogP contribution in [0.1, 0.15) is 11.1 Å². The lowest BCUT2D eigenvalue weighted by molar-refractivity contribution is -0.108. The fraction of sp³-hybridized carbons (Fsp3) is 0.200. The number of nitrogens with zero attached hydrogens (tertiary/aromatic N) is 1. The van der Waals surface area contributed by atoms with Crippen molar-refractivity contribution in [1.82, 2.24) is 5.06 Å². The monoisotopic (exact) mass is 275 g/mol. The van der Waals surface area contributed by atoms with Crippen LogP contribution in [0.3, 0.4) is 0 Å². The second kappa shape index (κ2) is 5.48. The molecule has 2 aromatic rings. The number of rotatable bonds is 4. The second-order valence-corrected chi connectivity index (χ2v) is 4.64. The number of ether oxygens (including phenoxy) is 2. The summed E-state index contributed by atoms with van der Waals surface area (Å²) >= 11 is 0. The molecule has 0 aromatic heterocycles. The highest BCUT2D eigenvalue weighted by molar-refractivity contribution is 5.44. The molecular weight excluding hydrogens is 261 g/mol. The van der Waals surface area contributed by atoms with Gasteiger partial charge < -0.3 is 14.7 Å². The van der Waals surface area contributed by atoms with Crippen LogP contribution in [0, 0.1) is 5.82 Å². The molecule has 1 heterocycles. The van der Waals surface area contributed by atoms with E-state index < -0.39 is 0 Å². The SMILES string of the molecule is ON(Cc1ccc(F)cc1)Cc1ccc2c(c1)OCO2. The molecule has 0 amide bonds. The van der Waals surface area contributed by atoms with Crippen molar-refractivity contribution in [2.75, 3.05) is 6.79 Å². The summed E-state index contributed by atoms with van der Waals surface area (Å²) in [5.74, 6) is 1.13. The van der Waals surface area contributed by atoms with Gasteiger partial charge in [-0.15, -0.1) is 0 Å². The van der Waals surface area contributed by atoms with Crippen LogP contribution in [-0.2, 0) is 13.1 Å². The molecule has 104 valence electrons. The van der Waals surface area contributed by atoms with Crippen molar-refractivity contribution >= 4 is 0 Å². The first-order chi connectivity index (χ1) is 9.70. The summed E-state index contributed by atoms with van der Waals surface area (Å²) in [5.41, 5.74) is 1.76. The molecule has 3 rings (SSSR count). The van der Waals surface area contributed by atoms with Crippen LogP contribution in [0.15, 0.2) is 42.5 Å². The van der Waals surface area contributed by atoms with Crippen LogP contribution in [-0.4, -0.2) is 17.1 Å². The molecule has 0 saturated carbocycles. The van der Waals surface area contributed by atoms with E-state index in [-0.39, 0.29) is 12.6 Å². The first kappa shape index (κ1) is 12.9. The van der Waals surface area contributed by atoms with Crippen molar-refractivity contribution in [3.63, 3.8) is 0 Å². The number of hydrogen-bond donors (Lipinski definition) is 1. The van der Waals surface area contributed by atoms with E-state index in [1.54, 1.807) is 12.1 Å². The molecule has 0 unspecified atom stereocenters. The normalized spacial score (nSPS) is 12.9. The summed E-state index contributed by atoms with van der Waals surface area (Å²) < 4.78 is 23.3. The molecular formula is C15H14FNO3. The highest BCUT2D eigenvalue weighted by Crippen LogP contribution is 2.32. The zero-order valence-electron chi connectivity index (χ0n) is 10.8. The number of halogens is 1. The maximum absolute atomic E-state index is 12.8. The van der Waals surface area contributed by atoms with Gasteiger partial charge >= 0.3 is 0 Å². The molecule has 0 radical (unpaired) electrons. The van der Waals surface area contributed by atoms with Gasteiger partial charge in [0.2, 0.25) is 6.79 Å². The maximum atomic E-state index is 12.8. The average Bonchev–Trinajstić information content (AvgIpc) is 2.89. The van der Waals surface area contributed by atoms with Crippen LogP contribution in [0.5, 0.6) is 11.5 Å². The van der Waals surface area contributed by atoms with Crippen LogP contribution < -0.4 is 9.47 Å². The summed E-state index contributed by atoms with van der Waals surface area (Å²) in [6.45, 7) is 0.917. The van der Waals surface area contributed by atoms with Gasteiger partial charge in [0.25, 0.3) is 0 Å². The molecule has 0 spiro atoms. The average molecular weight is 275 g/mol. The van der Waals surface area contributed by atoms with E-state index in [4.69, 9.17) is 9.47 Å². The Morgan fingerprint density at radius 1 is 0.950 bits per heavy atom. The molecule has 5 heteroatoms. The van der Waals surface area contributed by atoms with E-state index in [1.165, 1.54) is 17.2 Å². The van der Waals surface area contributed by atoms with Crippen molar-refractivity contribution < 1.29 is 19.1 Å². The highest BCUT2D eigenvalue weighted by atomic mass is 19.1. The van der Waals surface area contributed by atoms with Gasteiger partial charge in [0.15, 0.2) is 11.5 Å². The van der Waals surface area contributed by atoms with E-state index in [1.807, 2.05) is 18.2 Å². The molecule has 1 aliphatic heterocycles. The summed E-state index contributed by atoms with van der Waals surface area (Å²) in [4.78, 5) is 0. The molecule has 0 saturated heterocycles. The number of fused-ring (bicyclic) bond motifs is 1. The lowest BCUT2D eigenvalue weighted by Crippen LogP contribution is -2.18. The van der Waals surface area contributed by atoms with E-state index in [9.17, 15) is 9.60 Å². The van der Waals surface area contributed by atoms with E-state index in [2.05, 4.69) is 0 Å². The highest BCUT2D eigenvalue weighted by Gasteiger charge is 2.14. The Bertz CT molecular complexity index is 601. The first-order valence-electron chi connectivity index (χ1n) is 6.27. The third-order valence-electron chi connectivity index (χ3n) is 3.08. The van der Waals surface area contributed by atoms with Crippen LogP contribution >= 0.6 is 0 Å². The third kappa shape index (κ3) is 2.89. The molecule has 0 fully saturated rings. The first-order valence-corrected chi connectivity index (χ1v) is 6.27. The number of benzene rings is 2.